The fourth-order valence-electron chi connectivity index (χ4n) is 2.47. The van der Waals surface area contributed by atoms with Crippen molar-refractivity contribution in [2.75, 3.05) is 19.6 Å². The molecule has 16 heavy (non-hydrogen) atoms. The highest BCUT2D eigenvalue weighted by atomic mass is 35.5. The van der Waals surface area contributed by atoms with E-state index in [0.717, 1.165) is 31.1 Å². The van der Waals surface area contributed by atoms with Crippen LogP contribution in [-0.4, -0.2) is 30.6 Å². The monoisotopic (exact) mass is 238 g/mol. The molecule has 2 unspecified atom stereocenters. The van der Waals surface area contributed by atoms with Crippen LogP contribution in [0, 0.1) is 0 Å². The van der Waals surface area contributed by atoms with Gasteiger partial charge in [-0.2, -0.15) is 0 Å². The Bertz CT molecular complexity index is 336. The molecule has 0 bridgehead atoms. The molecular formula is C13H19ClN2. The minimum absolute atomic E-state index is 0.300. The summed E-state index contributed by atoms with van der Waals surface area (Å²) in [6.07, 6.45) is 1.08. The lowest BCUT2D eigenvalue weighted by atomic mass is 9.88. The minimum Gasteiger partial charge on any atom is -0.327 e. The van der Waals surface area contributed by atoms with Crippen molar-refractivity contribution >= 4 is 11.6 Å². The summed E-state index contributed by atoms with van der Waals surface area (Å²) in [6.45, 7) is 5.42. The third-order valence-corrected chi connectivity index (χ3v) is 3.60. The number of hydrogen-bond acceptors (Lipinski definition) is 2. The molecule has 1 aromatic carbocycles. The van der Waals surface area contributed by atoms with Gasteiger partial charge in [0.25, 0.3) is 0 Å². The molecule has 1 aromatic rings. The molecule has 88 valence electrons. The molecule has 1 aliphatic heterocycles. The predicted octanol–water partition coefficient (Wildman–Crippen LogP) is 2.48. The van der Waals surface area contributed by atoms with Crippen LogP contribution in [0.25, 0.3) is 0 Å². The molecular weight excluding hydrogens is 220 g/mol. The van der Waals surface area contributed by atoms with E-state index in [9.17, 15) is 0 Å². The van der Waals surface area contributed by atoms with Crippen LogP contribution in [0.15, 0.2) is 24.3 Å². The molecule has 3 heteroatoms. The average Bonchev–Trinajstić information content (AvgIpc) is 2.29. The summed E-state index contributed by atoms with van der Waals surface area (Å²) in [7, 11) is 0. The second-order valence-electron chi connectivity index (χ2n) is 4.60. The molecule has 2 N–H and O–H groups in total. The molecule has 0 radical (unpaired) electrons. The number of nitrogens with two attached hydrogens (primary N) is 1. The summed E-state index contributed by atoms with van der Waals surface area (Å²) in [6, 6.07) is 8.48. The summed E-state index contributed by atoms with van der Waals surface area (Å²) in [5.74, 6) is 0.556. The predicted molar refractivity (Wildman–Crippen MR) is 68.9 cm³/mol. The molecule has 2 nitrogen and oxygen atoms in total. The minimum atomic E-state index is 0.300. The van der Waals surface area contributed by atoms with Gasteiger partial charge >= 0.3 is 0 Å². The lowest BCUT2D eigenvalue weighted by Crippen LogP contribution is -2.45. The van der Waals surface area contributed by atoms with E-state index < -0.39 is 0 Å². The number of nitrogens with zero attached hydrogens (tertiary/aromatic N) is 1. The van der Waals surface area contributed by atoms with Crippen molar-refractivity contribution in [2.45, 2.75) is 25.3 Å². The Morgan fingerprint density at radius 3 is 2.62 bits per heavy atom. The number of benzene rings is 1. The first-order valence-electron chi connectivity index (χ1n) is 5.92. The van der Waals surface area contributed by atoms with Crippen molar-refractivity contribution in [3.63, 3.8) is 0 Å². The second-order valence-corrected chi connectivity index (χ2v) is 5.03. The molecule has 1 heterocycles. The number of piperidine rings is 1. The van der Waals surface area contributed by atoms with Crippen molar-refractivity contribution < 1.29 is 0 Å². The summed E-state index contributed by atoms with van der Waals surface area (Å²) < 4.78 is 0. The lowest BCUT2D eigenvalue weighted by molar-refractivity contribution is 0.197. The van der Waals surface area contributed by atoms with Crippen molar-refractivity contribution in [1.29, 1.82) is 0 Å². The molecule has 0 aromatic heterocycles. The van der Waals surface area contributed by atoms with E-state index in [-0.39, 0.29) is 0 Å². The Balaban J connectivity index is 2.11. The SMILES string of the molecule is CCN1CC(N)CC(c2ccc(Cl)cc2)C1. The smallest absolute Gasteiger partial charge is 0.0406 e. The topological polar surface area (TPSA) is 29.3 Å². The van der Waals surface area contributed by atoms with Gasteiger partial charge in [0.2, 0.25) is 0 Å². The van der Waals surface area contributed by atoms with E-state index in [4.69, 9.17) is 17.3 Å². The van der Waals surface area contributed by atoms with Crippen molar-refractivity contribution in [3.8, 4) is 0 Å². The zero-order chi connectivity index (χ0) is 11.5. The van der Waals surface area contributed by atoms with Crippen LogP contribution in [0.4, 0.5) is 0 Å². The Morgan fingerprint density at radius 2 is 2.00 bits per heavy atom. The fourth-order valence-corrected chi connectivity index (χ4v) is 2.59. The van der Waals surface area contributed by atoms with Crippen LogP contribution in [-0.2, 0) is 0 Å². The molecule has 1 saturated heterocycles. The summed E-state index contributed by atoms with van der Waals surface area (Å²) in [5.41, 5.74) is 7.45. The zero-order valence-corrected chi connectivity index (χ0v) is 10.5. The molecule has 1 fully saturated rings. The summed E-state index contributed by atoms with van der Waals surface area (Å²) >= 11 is 5.90. The van der Waals surface area contributed by atoms with Crippen LogP contribution in [0.1, 0.15) is 24.8 Å². The number of hydrogen-bond donors (Lipinski definition) is 1. The number of likely N-dealkylation sites (N-methyl/N-ethyl adjacent to an activating group) is 1. The van der Waals surface area contributed by atoms with Crippen LogP contribution < -0.4 is 5.73 Å². The maximum Gasteiger partial charge on any atom is 0.0406 e. The van der Waals surface area contributed by atoms with Gasteiger partial charge in [0.15, 0.2) is 0 Å². The number of halogens is 1. The Hall–Kier alpha value is -0.570. The molecule has 0 spiro atoms. The molecule has 1 aliphatic rings. The van der Waals surface area contributed by atoms with Gasteiger partial charge in [-0.3, -0.25) is 0 Å². The maximum atomic E-state index is 6.09. The average molecular weight is 239 g/mol. The first-order valence-corrected chi connectivity index (χ1v) is 6.30. The third-order valence-electron chi connectivity index (χ3n) is 3.35. The summed E-state index contributed by atoms with van der Waals surface area (Å²) in [5, 5.41) is 0.802. The standard InChI is InChI=1S/C13H19ClN2/c1-2-16-8-11(7-13(15)9-16)10-3-5-12(14)6-4-10/h3-6,11,13H,2,7-9,15H2,1H3. The molecule has 0 amide bonds. The van der Waals surface area contributed by atoms with Crippen molar-refractivity contribution in [1.82, 2.24) is 4.90 Å². The van der Waals surface area contributed by atoms with Gasteiger partial charge in [-0.15, -0.1) is 0 Å². The van der Waals surface area contributed by atoms with Gasteiger partial charge in [0.1, 0.15) is 0 Å². The highest BCUT2D eigenvalue weighted by molar-refractivity contribution is 6.30. The van der Waals surface area contributed by atoms with E-state index in [1.807, 2.05) is 12.1 Å². The van der Waals surface area contributed by atoms with Crippen LogP contribution in [0.5, 0.6) is 0 Å². The Morgan fingerprint density at radius 1 is 1.31 bits per heavy atom. The maximum absolute atomic E-state index is 6.09. The largest absolute Gasteiger partial charge is 0.327 e. The van der Waals surface area contributed by atoms with Crippen LogP contribution in [0.3, 0.4) is 0 Å². The third kappa shape index (κ3) is 2.76. The number of rotatable bonds is 2. The van der Waals surface area contributed by atoms with E-state index >= 15 is 0 Å². The van der Waals surface area contributed by atoms with Crippen LogP contribution in [0.2, 0.25) is 5.02 Å². The normalized spacial score (nSPS) is 26.9. The molecule has 0 saturated carbocycles. The van der Waals surface area contributed by atoms with Gasteiger partial charge in [-0.25, -0.2) is 0 Å². The van der Waals surface area contributed by atoms with Gasteiger partial charge in [0.05, 0.1) is 0 Å². The fraction of sp³-hybridized carbons (Fsp3) is 0.538. The van der Waals surface area contributed by atoms with Gasteiger partial charge in [-0.05, 0) is 36.6 Å². The molecule has 2 atom stereocenters. The van der Waals surface area contributed by atoms with E-state index in [2.05, 4.69) is 24.0 Å². The first kappa shape index (κ1) is 11.9. The van der Waals surface area contributed by atoms with Gasteiger partial charge in [0, 0.05) is 24.2 Å². The first-order chi connectivity index (χ1) is 7.69. The van der Waals surface area contributed by atoms with Gasteiger partial charge in [-0.1, -0.05) is 30.7 Å². The highest BCUT2D eigenvalue weighted by Crippen LogP contribution is 2.27. The van der Waals surface area contributed by atoms with E-state index in [1.165, 1.54) is 5.56 Å². The highest BCUT2D eigenvalue weighted by Gasteiger charge is 2.24. The molecule has 2 rings (SSSR count). The lowest BCUT2D eigenvalue weighted by Gasteiger charge is -2.35. The van der Waals surface area contributed by atoms with Gasteiger partial charge < -0.3 is 10.6 Å². The van der Waals surface area contributed by atoms with Crippen molar-refractivity contribution in [2.24, 2.45) is 5.73 Å². The summed E-state index contributed by atoms with van der Waals surface area (Å²) in [4.78, 5) is 2.42. The number of likely N-dealkylation sites (tertiary alicyclic amines) is 1. The Kier molecular flexibility index (Phi) is 3.85. The van der Waals surface area contributed by atoms with E-state index in [1.54, 1.807) is 0 Å². The zero-order valence-electron chi connectivity index (χ0n) is 9.70. The quantitative estimate of drug-likeness (QED) is 0.858. The Labute approximate surface area is 102 Å². The van der Waals surface area contributed by atoms with Crippen molar-refractivity contribution in [3.05, 3.63) is 34.9 Å². The second kappa shape index (κ2) is 5.17. The molecule has 0 aliphatic carbocycles. The van der Waals surface area contributed by atoms with Crippen LogP contribution >= 0.6 is 11.6 Å². The van der Waals surface area contributed by atoms with E-state index in [0.29, 0.717) is 12.0 Å².